The van der Waals surface area contributed by atoms with Crippen molar-refractivity contribution in [3.8, 4) is 17.1 Å². The van der Waals surface area contributed by atoms with Gasteiger partial charge in [0, 0.05) is 29.1 Å². The summed E-state index contributed by atoms with van der Waals surface area (Å²) in [4.78, 5) is 41.1. The maximum atomic E-state index is 12.1. The van der Waals surface area contributed by atoms with Crippen molar-refractivity contribution in [2.45, 2.75) is 6.92 Å². The van der Waals surface area contributed by atoms with Crippen molar-refractivity contribution in [2.24, 2.45) is 0 Å². The van der Waals surface area contributed by atoms with Crippen molar-refractivity contribution in [3.05, 3.63) is 80.8 Å². The molecular formula is C19H16N4O5. The first-order chi connectivity index (χ1) is 13.4. The predicted octanol–water partition coefficient (Wildman–Crippen LogP) is 2.67. The number of nitrogens with zero attached hydrogens (tertiary/aromatic N) is 2. The lowest BCUT2D eigenvalue weighted by molar-refractivity contribution is -0.385. The number of nitro groups is 1. The van der Waals surface area contributed by atoms with Crippen LogP contribution in [0.4, 0.5) is 11.4 Å². The minimum atomic E-state index is -0.577. The van der Waals surface area contributed by atoms with Gasteiger partial charge < -0.3 is 15.0 Å². The molecule has 1 aromatic heterocycles. The molecule has 0 atom stereocenters. The van der Waals surface area contributed by atoms with E-state index in [1.807, 2.05) is 0 Å². The summed E-state index contributed by atoms with van der Waals surface area (Å²) in [5, 5.41) is 13.6. The molecule has 0 aliphatic rings. The molecule has 0 saturated heterocycles. The number of hydrogen-bond donors (Lipinski definition) is 2. The van der Waals surface area contributed by atoms with Gasteiger partial charge in [-0.25, -0.2) is 4.98 Å². The van der Waals surface area contributed by atoms with Crippen LogP contribution in [0.15, 0.2) is 59.4 Å². The van der Waals surface area contributed by atoms with Crippen molar-refractivity contribution in [2.75, 3.05) is 11.9 Å². The van der Waals surface area contributed by atoms with Crippen LogP contribution in [-0.4, -0.2) is 27.4 Å². The summed E-state index contributed by atoms with van der Waals surface area (Å²) in [5.41, 5.74) is 1.18. The lowest BCUT2D eigenvalue weighted by Gasteiger charge is -2.09. The molecule has 0 aliphatic heterocycles. The van der Waals surface area contributed by atoms with Gasteiger partial charge in [0.2, 0.25) is 0 Å². The number of nitrogens with one attached hydrogen (secondary N) is 2. The van der Waals surface area contributed by atoms with E-state index in [-0.39, 0.29) is 17.0 Å². The molecule has 2 aromatic carbocycles. The van der Waals surface area contributed by atoms with Crippen LogP contribution in [0.25, 0.3) is 11.4 Å². The lowest BCUT2D eigenvalue weighted by atomic mass is 10.2. The summed E-state index contributed by atoms with van der Waals surface area (Å²) >= 11 is 0. The quantitative estimate of drug-likeness (QED) is 0.500. The van der Waals surface area contributed by atoms with Crippen LogP contribution in [0, 0.1) is 17.0 Å². The first kappa shape index (κ1) is 18.8. The highest BCUT2D eigenvalue weighted by Crippen LogP contribution is 2.25. The molecular weight excluding hydrogens is 364 g/mol. The zero-order valence-corrected chi connectivity index (χ0v) is 14.8. The number of carbonyl (C=O) groups excluding carboxylic acids is 1. The Morgan fingerprint density at radius 3 is 2.75 bits per heavy atom. The van der Waals surface area contributed by atoms with Gasteiger partial charge in [-0.15, -0.1) is 0 Å². The van der Waals surface area contributed by atoms with Gasteiger partial charge in [-0.05, 0) is 25.1 Å². The third kappa shape index (κ3) is 4.58. The van der Waals surface area contributed by atoms with Crippen LogP contribution in [0.1, 0.15) is 5.69 Å². The number of hydrogen-bond acceptors (Lipinski definition) is 6. The molecule has 0 radical (unpaired) electrons. The highest BCUT2D eigenvalue weighted by molar-refractivity contribution is 5.92. The standard InChI is InChI=1S/C19H16N4O5/c1-12-9-17(24)22-19(20-12)13-5-4-6-14(10-13)21-18(25)11-28-16-8-3-2-7-15(16)23(26)27/h2-10H,11H2,1H3,(H,21,25)(H,20,22,24). The van der Waals surface area contributed by atoms with Crippen molar-refractivity contribution < 1.29 is 14.5 Å². The van der Waals surface area contributed by atoms with Crippen molar-refractivity contribution in [3.63, 3.8) is 0 Å². The number of aryl methyl sites for hydroxylation is 1. The van der Waals surface area contributed by atoms with Crippen LogP contribution in [0.2, 0.25) is 0 Å². The lowest BCUT2D eigenvalue weighted by Crippen LogP contribution is -2.20. The first-order valence-corrected chi connectivity index (χ1v) is 8.27. The van der Waals surface area contributed by atoms with E-state index in [4.69, 9.17) is 4.74 Å². The molecule has 2 N–H and O–H groups in total. The molecule has 1 heterocycles. The van der Waals surface area contributed by atoms with Gasteiger partial charge in [-0.3, -0.25) is 19.7 Å². The minimum Gasteiger partial charge on any atom is -0.477 e. The SMILES string of the molecule is Cc1cc(=O)[nH]c(-c2cccc(NC(=O)COc3ccccc3[N+](=O)[O-])c2)n1. The van der Waals surface area contributed by atoms with Gasteiger partial charge in [-0.1, -0.05) is 24.3 Å². The fraction of sp³-hybridized carbons (Fsp3) is 0.105. The number of para-hydroxylation sites is 2. The number of amides is 1. The Kier molecular flexibility index (Phi) is 5.45. The van der Waals surface area contributed by atoms with E-state index in [2.05, 4.69) is 15.3 Å². The zero-order valence-electron chi connectivity index (χ0n) is 14.8. The van der Waals surface area contributed by atoms with Gasteiger partial charge in [0.25, 0.3) is 11.5 Å². The highest BCUT2D eigenvalue weighted by atomic mass is 16.6. The number of H-pyrrole nitrogens is 1. The van der Waals surface area contributed by atoms with Gasteiger partial charge in [0.05, 0.1) is 4.92 Å². The molecule has 142 valence electrons. The van der Waals surface area contributed by atoms with E-state index >= 15 is 0 Å². The maximum Gasteiger partial charge on any atom is 0.310 e. The second kappa shape index (κ2) is 8.12. The fourth-order valence-corrected chi connectivity index (χ4v) is 2.53. The molecule has 28 heavy (non-hydrogen) atoms. The molecule has 0 aliphatic carbocycles. The van der Waals surface area contributed by atoms with E-state index < -0.39 is 17.4 Å². The molecule has 0 saturated carbocycles. The predicted molar refractivity (Wildman–Crippen MR) is 102 cm³/mol. The Labute approximate surface area is 159 Å². The summed E-state index contributed by atoms with van der Waals surface area (Å²) in [6, 6.07) is 14.0. The molecule has 1 amide bonds. The van der Waals surface area contributed by atoms with Gasteiger partial charge in [0.15, 0.2) is 12.4 Å². The molecule has 3 rings (SSSR count). The Balaban J connectivity index is 1.70. The first-order valence-electron chi connectivity index (χ1n) is 8.27. The summed E-state index contributed by atoms with van der Waals surface area (Å²) < 4.78 is 5.27. The molecule has 0 unspecified atom stereocenters. The van der Waals surface area contributed by atoms with E-state index in [0.717, 1.165) is 0 Å². The van der Waals surface area contributed by atoms with Crippen LogP contribution < -0.4 is 15.6 Å². The maximum absolute atomic E-state index is 12.1. The topological polar surface area (TPSA) is 127 Å². The van der Waals surface area contributed by atoms with Crippen molar-refractivity contribution in [1.82, 2.24) is 9.97 Å². The van der Waals surface area contributed by atoms with E-state index in [0.29, 0.717) is 22.8 Å². The van der Waals surface area contributed by atoms with E-state index in [1.165, 1.54) is 24.3 Å². The Morgan fingerprint density at radius 2 is 2.00 bits per heavy atom. The summed E-state index contributed by atoms with van der Waals surface area (Å²) in [6.45, 7) is 1.32. The number of aromatic amines is 1. The number of rotatable bonds is 6. The summed E-state index contributed by atoms with van der Waals surface area (Å²) in [5.74, 6) is -0.0869. The zero-order chi connectivity index (χ0) is 20.1. The second-order valence-corrected chi connectivity index (χ2v) is 5.88. The average molecular weight is 380 g/mol. The number of aromatic nitrogens is 2. The molecule has 9 nitrogen and oxygen atoms in total. The van der Waals surface area contributed by atoms with Gasteiger partial charge in [-0.2, -0.15) is 0 Å². The number of ether oxygens (including phenoxy) is 1. The Bertz CT molecular complexity index is 1090. The Hall–Kier alpha value is -4.01. The summed E-state index contributed by atoms with van der Waals surface area (Å²) in [7, 11) is 0. The number of anilines is 1. The van der Waals surface area contributed by atoms with Crippen LogP contribution in [0.3, 0.4) is 0 Å². The van der Waals surface area contributed by atoms with E-state index in [9.17, 15) is 19.7 Å². The third-order valence-corrected chi connectivity index (χ3v) is 3.71. The normalized spacial score (nSPS) is 10.3. The molecule has 0 bridgehead atoms. The minimum absolute atomic E-state index is 0.0120. The highest BCUT2D eigenvalue weighted by Gasteiger charge is 2.15. The number of nitro benzene ring substituents is 1. The third-order valence-electron chi connectivity index (χ3n) is 3.71. The smallest absolute Gasteiger partial charge is 0.310 e. The van der Waals surface area contributed by atoms with Crippen molar-refractivity contribution >= 4 is 17.3 Å². The number of carbonyl (C=O) groups is 1. The van der Waals surface area contributed by atoms with Crippen LogP contribution in [0.5, 0.6) is 5.75 Å². The van der Waals surface area contributed by atoms with Gasteiger partial charge >= 0.3 is 5.69 Å². The molecule has 0 spiro atoms. The number of benzene rings is 2. The largest absolute Gasteiger partial charge is 0.477 e. The summed E-state index contributed by atoms with van der Waals surface area (Å²) in [6.07, 6.45) is 0. The Morgan fingerprint density at radius 1 is 1.21 bits per heavy atom. The molecule has 9 heteroatoms. The van der Waals surface area contributed by atoms with Crippen molar-refractivity contribution in [1.29, 1.82) is 0 Å². The van der Waals surface area contributed by atoms with Crippen LogP contribution >= 0.6 is 0 Å². The fourth-order valence-electron chi connectivity index (χ4n) is 2.53. The van der Waals surface area contributed by atoms with E-state index in [1.54, 1.807) is 37.3 Å². The second-order valence-electron chi connectivity index (χ2n) is 5.88. The van der Waals surface area contributed by atoms with Gasteiger partial charge in [0.1, 0.15) is 5.82 Å². The average Bonchev–Trinajstić information content (AvgIpc) is 2.66. The molecule has 3 aromatic rings. The molecule has 0 fully saturated rings. The monoisotopic (exact) mass is 380 g/mol. The van der Waals surface area contributed by atoms with Crippen LogP contribution in [-0.2, 0) is 4.79 Å².